The van der Waals surface area contributed by atoms with Crippen LogP contribution in [-0.4, -0.2) is 28.8 Å². The minimum absolute atomic E-state index is 0.136. The van der Waals surface area contributed by atoms with E-state index in [0.717, 1.165) is 17.1 Å². The summed E-state index contributed by atoms with van der Waals surface area (Å²) >= 11 is 0. The molecule has 0 aliphatic heterocycles. The zero-order chi connectivity index (χ0) is 17.4. The van der Waals surface area contributed by atoms with E-state index >= 15 is 0 Å². The quantitative estimate of drug-likeness (QED) is 0.809. The Balaban J connectivity index is 1.85. The summed E-state index contributed by atoms with van der Waals surface area (Å²) in [5.74, 6) is 1.98. The molecule has 0 radical (unpaired) electrons. The van der Waals surface area contributed by atoms with Gasteiger partial charge in [0.25, 0.3) is 0 Å². The first kappa shape index (κ1) is 18.0. The molecule has 0 saturated carbocycles. The highest BCUT2D eigenvalue weighted by Gasteiger charge is 2.09. The normalized spacial score (nSPS) is 12.9. The van der Waals surface area contributed by atoms with Gasteiger partial charge in [-0.25, -0.2) is 4.79 Å². The Morgan fingerprint density at radius 1 is 1.08 bits per heavy atom. The average Bonchev–Trinajstić information content (AvgIpc) is 2.56. The van der Waals surface area contributed by atoms with Crippen molar-refractivity contribution in [1.82, 2.24) is 10.6 Å². The lowest BCUT2D eigenvalue weighted by Crippen LogP contribution is -2.38. The van der Waals surface area contributed by atoms with Crippen LogP contribution >= 0.6 is 0 Å². The second-order valence-corrected chi connectivity index (χ2v) is 6.94. The molecule has 0 aromatic heterocycles. The van der Waals surface area contributed by atoms with Gasteiger partial charge in [0.1, 0.15) is 11.5 Å². The van der Waals surface area contributed by atoms with E-state index in [9.17, 15) is 9.00 Å². The van der Waals surface area contributed by atoms with E-state index in [4.69, 9.17) is 4.74 Å². The van der Waals surface area contributed by atoms with E-state index in [0.29, 0.717) is 12.3 Å². The lowest BCUT2D eigenvalue weighted by molar-refractivity contribution is 0.238. The molecular weight excluding hydrogens is 324 g/mol. The first-order chi connectivity index (χ1) is 11.5. The molecule has 0 fully saturated rings. The monoisotopic (exact) mass is 346 g/mol. The molecule has 2 rings (SSSR count). The van der Waals surface area contributed by atoms with Gasteiger partial charge in [0.2, 0.25) is 0 Å². The van der Waals surface area contributed by atoms with E-state index in [-0.39, 0.29) is 12.1 Å². The summed E-state index contributed by atoms with van der Waals surface area (Å²) in [6.07, 6.45) is 1.61. The number of hydrogen-bond acceptors (Lipinski definition) is 3. The number of hydrogen-bond donors (Lipinski definition) is 2. The molecule has 0 heterocycles. The van der Waals surface area contributed by atoms with Gasteiger partial charge >= 0.3 is 6.03 Å². The fourth-order valence-corrected chi connectivity index (χ4v) is 2.48. The third-order valence-corrected chi connectivity index (χ3v) is 4.16. The molecule has 128 valence electrons. The number of amides is 2. The minimum atomic E-state index is -0.907. The van der Waals surface area contributed by atoms with Crippen LogP contribution in [0.4, 0.5) is 4.79 Å². The number of rotatable bonds is 7. The maximum Gasteiger partial charge on any atom is 0.315 e. The number of para-hydroxylation sites is 1. The summed E-state index contributed by atoms with van der Waals surface area (Å²) in [6, 6.07) is 16.8. The van der Waals surface area contributed by atoms with Gasteiger partial charge in [0, 0.05) is 29.4 Å². The molecule has 0 saturated heterocycles. The first-order valence-electron chi connectivity index (χ1n) is 7.72. The van der Waals surface area contributed by atoms with Crippen molar-refractivity contribution in [3.63, 3.8) is 0 Å². The van der Waals surface area contributed by atoms with Gasteiger partial charge in [0.15, 0.2) is 0 Å². The molecule has 2 aromatic carbocycles. The lowest BCUT2D eigenvalue weighted by Gasteiger charge is -2.15. The summed E-state index contributed by atoms with van der Waals surface area (Å²) in [7, 11) is -0.907. The van der Waals surface area contributed by atoms with Gasteiger partial charge in [-0.3, -0.25) is 4.21 Å². The fourth-order valence-electron chi connectivity index (χ4n) is 2.09. The summed E-state index contributed by atoms with van der Waals surface area (Å²) < 4.78 is 16.7. The van der Waals surface area contributed by atoms with Crippen molar-refractivity contribution in [2.45, 2.75) is 13.0 Å². The second kappa shape index (κ2) is 9.08. The van der Waals surface area contributed by atoms with Crippen molar-refractivity contribution in [1.29, 1.82) is 0 Å². The Bertz CT molecular complexity index is 674. The predicted molar refractivity (Wildman–Crippen MR) is 96.8 cm³/mol. The smallest absolute Gasteiger partial charge is 0.315 e. The van der Waals surface area contributed by atoms with E-state index in [1.165, 1.54) is 0 Å². The van der Waals surface area contributed by atoms with Crippen LogP contribution in [-0.2, 0) is 10.8 Å². The molecule has 6 heteroatoms. The van der Waals surface area contributed by atoms with Crippen LogP contribution in [0.5, 0.6) is 11.5 Å². The Hall–Kier alpha value is -2.34. The van der Waals surface area contributed by atoms with Gasteiger partial charge in [-0.15, -0.1) is 0 Å². The lowest BCUT2D eigenvalue weighted by atomic mass is 10.1. The molecule has 5 nitrogen and oxygen atoms in total. The van der Waals surface area contributed by atoms with Gasteiger partial charge in [0.05, 0.1) is 6.04 Å². The maximum atomic E-state index is 11.8. The average molecular weight is 346 g/mol. The largest absolute Gasteiger partial charge is 0.457 e. The number of nitrogens with one attached hydrogen (secondary N) is 2. The highest BCUT2D eigenvalue weighted by molar-refractivity contribution is 7.84. The highest BCUT2D eigenvalue weighted by Crippen LogP contribution is 2.23. The molecule has 0 aliphatic carbocycles. The van der Waals surface area contributed by atoms with E-state index in [1.807, 2.05) is 61.5 Å². The maximum absolute atomic E-state index is 11.8. The molecular formula is C18H22N2O3S. The Morgan fingerprint density at radius 3 is 2.33 bits per heavy atom. The molecule has 2 atom stereocenters. The number of carbonyl (C=O) groups excluding carboxylic acids is 1. The molecule has 24 heavy (non-hydrogen) atoms. The number of benzene rings is 2. The highest BCUT2D eigenvalue weighted by atomic mass is 32.2. The molecule has 2 amide bonds. The Kier molecular flexibility index (Phi) is 6.81. The van der Waals surface area contributed by atoms with Crippen molar-refractivity contribution in [3.8, 4) is 11.5 Å². The first-order valence-corrected chi connectivity index (χ1v) is 9.44. The molecule has 0 aliphatic rings. The van der Waals surface area contributed by atoms with Gasteiger partial charge in [-0.2, -0.15) is 0 Å². The van der Waals surface area contributed by atoms with Crippen LogP contribution in [0.25, 0.3) is 0 Å². The van der Waals surface area contributed by atoms with Crippen LogP contribution in [0.1, 0.15) is 18.5 Å². The van der Waals surface area contributed by atoms with Crippen molar-refractivity contribution >= 4 is 16.8 Å². The van der Waals surface area contributed by atoms with Gasteiger partial charge in [-0.1, -0.05) is 30.3 Å². The standard InChI is InChI=1S/C18H22N2O3S/c1-14(20-18(21)19-12-13-24(2)22)15-8-10-17(11-9-15)23-16-6-4-3-5-7-16/h3-11,14H,12-13H2,1-2H3,(H2,19,20,21)/t14-,24-/m1/s1. The van der Waals surface area contributed by atoms with E-state index in [1.54, 1.807) is 6.26 Å². The zero-order valence-electron chi connectivity index (χ0n) is 13.8. The van der Waals surface area contributed by atoms with Crippen LogP contribution in [0.3, 0.4) is 0 Å². The van der Waals surface area contributed by atoms with Crippen LogP contribution in [0.2, 0.25) is 0 Å². The summed E-state index contributed by atoms with van der Waals surface area (Å²) in [4.78, 5) is 11.8. The van der Waals surface area contributed by atoms with Gasteiger partial charge in [-0.05, 0) is 36.8 Å². The number of carbonyl (C=O) groups is 1. The van der Waals surface area contributed by atoms with Crippen LogP contribution in [0.15, 0.2) is 54.6 Å². The van der Waals surface area contributed by atoms with Gasteiger partial charge < -0.3 is 15.4 Å². The summed E-state index contributed by atoms with van der Waals surface area (Å²) in [5, 5.41) is 5.54. The Labute approximate surface area is 144 Å². The van der Waals surface area contributed by atoms with Crippen molar-refractivity contribution in [2.75, 3.05) is 18.6 Å². The number of ether oxygens (including phenoxy) is 1. The molecule has 2 aromatic rings. The second-order valence-electron chi connectivity index (χ2n) is 5.38. The van der Waals surface area contributed by atoms with Crippen LogP contribution < -0.4 is 15.4 Å². The molecule has 0 bridgehead atoms. The van der Waals surface area contributed by atoms with Crippen LogP contribution in [0, 0.1) is 0 Å². The minimum Gasteiger partial charge on any atom is -0.457 e. The molecule has 2 N–H and O–H groups in total. The van der Waals surface area contributed by atoms with E-state index < -0.39 is 10.8 Å². The van der Waals surface area contributed by atoms with Crippen molar-refractivity contribution in [3.05, 3.63) is 60.2 Å². The van der Waals surface area contributed by atoms with Crippen molar-refractivity contribution < 1.29 is 13.7 Å². The third-order valence-electron chi connectivity index (χ3n) is 3.38. The summed E-state index contributed by atoms with van der Waals surface area (Å²) in [5.41, 5.74) is 0.977. The predicted octanol–water partition coefficient (Wildman–Crippen LogP) is 3.22. The Morgan fingerprint density at radius 2 is 1.71 bits per heavy atom. The number of urea groups is 1. The SMILES string of the molecule is C[C@@H](NC(=O)NCC[S@@](C)=O)c1ccc(Oc2ccccc2)cc1. The zero-order valence-corrected chi connectivity index (χ0v) is 14.6. The van der Waals surface area contributed by atoms with E-state index in [2.05, 4.69) is 10.6 Å². The third kappa shape index (κ3) is 6.04. The summed E-state index contributed by atoms with van der Waals surface area (Å²) in [6.45, 7) is 2.30. The molecule has 0 spiro atoms. The molecule has 0 unspecified atom stereocenters. The topological polar surface area (TPSA) is 67.4 Å². The fraction of sp³-hybridized carbons (Fsp3) is 0.278. The van der Waals surface area contributed by atoms with Crippen molar-refractivity contribution in [2.24, 2.45) is 0 Å².